The standard InChI is InChI=1S/C20H22BrN3O3S/c1-20(2,23-17(25)16-6-5-11-28-16)19(27)22-13-7-8-14(15(21)12-13)18(26)24-9-3-4-10-24/h5-8,11-12H,3-4,9-10H2,1-2H3,(H,22,27)(H,23,25). The van der Waals surface area contributed by atoms with E-state index in [0.29, 0.717) is 20.6 Å². The van der Waals surface area contributed by atoms with E-state index in [9.17, 15) is 14.4 Å². The van der Waals surface area contributed by atoms with Gasteiger partial charge in [0.05, 0.1) is 10.4 Å². The first kappa shape index (κ1) is 20.5. The molecule has 1 aromatic heterocycles. The molecule has 8 heteroatoms. The summed E-state index contributed by atoms with van der Waals surface area (Å²) < 4.78 is 0.627. The highest BCUT2D eigenvalue weighted by atomic mass is 79.9. The van der Waals surface area contributed by atoms with Crippen molar-refractivity contribution in [2.75, 3.05) is 18.4 Å². The van der Waals surface area contributed by atoms with Crippen LogP contribution in [-0.4, -0.2) is 41.2 Å². The molecule has 2 heterocycles. The third kappa shape index (κ3) is 4.62. The molecule has 3 amide bonds. The number of likely N-dealkylation sites (tertiary alicyclic amines) is 1. The summed E-state index contributed by atoms with van der Waals surface area (Å²) in [5.74, 6) is -0.642. The highest BCUT2D eigenvalue weighted by Gasteiger charge is 2.30. The molecule has 1 fully saturated rings. The molecule has 0 atom stereocenters. The normalized spacial score (nSPS) is 14.0. The number of rotatable bonds is 5. The summed E-state index contributed by atoms with van der Waals surface area (Å²) in [5.41, 5.74) is 0.0240. The van der Waals surface area contributed by atoms with Gasteiger partial charge in [0, 0.05) is 23.2 Å². The van der Waals surface area contributed by atoms with Gasteiger partial charge in [-0.1, -0.05) is 6.07 Å². The van der Waals surface area contributed by atoms with Crippen LogP contribution in [0.1, 0.15) is 46.7 Å². The van der Waals surface area contributed by atoms with Crippen LogP contribution in [0.25, 0.3) is 0 Å². The van der Waals surface area contributed by atoms with Crippen molar-refractivity contribution in [2.45, 2.75) is 32.2 Å². The summed E-state index contributed by atoms with van der Waals surface area (Å²) >= 11 is 4.75. The molecule has 2 aromatic rings. The van der Waals surface area contributed by atoms with Crippen molar-refractivity contribution >= 4 is 50.7 Å². The van der Waals surface area contributed by atoms with Crippen LogP contribution in [0.15, 0.2) is 40.2 Å². The first-order valence-electron chi connectivity index (χ1n) is 9.04. The van der Waals surface area contributed by atoms with E-state index in [2.05, 4.69) is 26.6 Å². The molecule has 0 spiro atoms. The van der Waals surface area contributed by atoms with E-state index in [0.717, 1.165) is 25.9 Å². The molecule has 1 aromatic carbocycles. The second-order valence-electron chi connectivity index (χ2n) is 7.20. The summed E-state index contributed by atoms with van der Waals surface area (Å²) in [7, 11) is 0. The van der Waals surface area contributed by atoms with Crippen LogP contribution >= 0.6 is 27.3 Å². The third-order valence-corrected chi connectivity index (χ3v) is 6.11. The van der Waals surface area contributed by atoms with Crippen LogP contribution < -0.4 is 10.6 Å². The van der Waals surface area contributed by atoms with Crippen molar-refractivity contribution in [3.63, 3.8) is 0 Å². The van der Waals surface area contributed by atoms with E-state index >= 15 is 0 Å². The highest BCUT2D eigenvalue weighted by Crippen LogP contribution is 2.25. The average Bonchev–Trinajstić information content (AvgIpc) is 3.35. The van der Waals surface area contributed by atoms with Crippen molar-refractivity contribution in [2.24, 2.45) is 0 Å². The van der Waals surface area contributed by atoms with Crippen molar-refractivity contribution in [1.29, 1.82) is 0 Å². The average molecular weight is 464 g/mol. The lowest BCUT2D eigenvalue weighted by molar-refractivity contribution is -0.120. The number of carbonyl (C=O) groups excluding carboxylic acids is 3. The van der Waals surface area contributed by atoms with Crippen LogP contribution in [0, 0.1) is 0 Å². The Labute approximate surface area is 176 Å². The Bertz CT molecular complexity index is 890. The fourth-order valence-electron chi connectivity index (χ4n) is 2.95. The van der Waals surface area contributed by atoms with Gasteiger partial charge in [-0.05, 0) is 72.3 Å². The highest BCUT2D eigenvalue weighted by molar-refractivity contribution is 9.10. The van der Waals surface area contributed by atoms with Gasteiger partial charge in [0.2, 0.25) is 5.91 Å². The number of anilines is 1. The molecule has 6 nitrogen and oxygen atoms in total. The van der Waals surface area contributed by atoms with Gasteiger partial charge in [-0.25, -0.2) is 0 Å². The molecule has 1 saturated heterocycles. The number of halogens is 1. The van der Waals surface area contributed by atoms with E-state index in [4.69, 9.17) is 0 Å². The molecule has 0 unspecified atom stereocenters. The third-order valence-electron chi connectivity index (χ3n) is 4.59. The minimum Gasteiger partial charge on any atom is -0.339 e. The molecule has 28 heavy (non-hydrogen) atoms. The quantitative estimate of drug-likeness (QED) is 0.705. The van der Waals surface area contributed by atoms with Crippen molar-refractivity contribution in [3.8, 4) is 0 Å². The first-order valence-corrected chi connectivity index (χ1v) is 10.7. The monoisotopic (exact) mass is 463 g/mol. The molecule has 0 radical (unpaired) electrons. The molecular formula is C20H22BrN3O3S. The van der Waals surface area contributed by atoms with E-state index in [1.807, 2.05) is 10.3 Å². The van der Waals surface area contributed by atoms with Crippen LogP contribution in [0.3, 0.4) is 0 Å². The van der Waals surface area contributed by atoms with Gasteiger partial charge in [0.15, 0.2) is 0 Å². The summed E-state index contributed by atoms with van der Waals surface area (Å²) in [5, 5.41) is 7.36. The molecule has 0 bridgehead atoms. The molecule has 2 N–H and O–H groups in total. The van der Waals surface area contributed by atoms with E-state index in [1.165, 1.54) is 11.3 Å². The van der Waals surface area contributed by atoms with E-state index in [1.54, 1.807) is 44.2 Å². The Morgan fingerprint density at radius 3 is 2.46 bits per heavy atom. The molecule has 0 saturated carbocycles. The van der Waals surface area contributed by atoms with Gasteiger partial charge in [-0.15, -0.1) is 11.3 Å². The molecule has 0 aliphatic carbocycles. The zero-order valence-corrected chi connectivity index (χ0v) is 18.2. The van der Waals surface area contributed by atoms with Crippen LogP contribution in [-0.2, 0) is 4.79 Å². The molecule has 1 aliphatic heterocycles. The van der Waals surface area contributed by atoms with Gasteiger partial charge >= 0.3 is 0 Å². The zero-order valence-electron chi connectivity index (χ0n) is 15.8. The van der Waals surface area contributed by atoms with Gasteiger partial charge in [-0.2, -0.15) is 0 Å². The summed E-state index contributed by atoms with van der Waals surface area (Å²) in [6, 6.07) is 8.61. The molecular weight excluding hydrogens is 442 g/mol. The Kier molecular flexibility index (Phi) is 6.20. The van der Waals surface area contributed by atoms with Crippen molar-refractivity contribution in [3.05, 3.63) is 50.6 Å². The number of amides is 3. The number of nitrogens with zero attached hydrogens (tertiary/aromatic N) is 1. The Morgan fingerprint density at radius 1 is 1.14 bits per heavy atom. The number of carbonyl (C=O) groups is 3. The SMILES string of the molecule is CC(C)(NC(=O)c1cccs1)C(=O)Nc1ccc(C(=O)N2CCCC2)c(Br)c1. The van der Waals surface area contributed by atoms with Crippen LogP contribution in [0.5, 0.6) is 0 Å². The minimum atomic E-state index is -1.10. The van der Waals surface area contributed by atoms with Crippen molar-refractivity contribution < 1.29 is 14.4 Å². The molecule has 1 aliphatic rings. The fourth-order valence-corrected chi connectivity index (χ4v) is 4.12. The Hall–Kier alpha value is -2.19. The lowest BCUT2D eigenvalue weighted by Gasteiger charge is -2.25. The largest absolute Gasteiger partial charge is 0.339 e. The number of hydrogen-bond donors (Lipinski definition) is 2. The number of nitrogens with one attached hydrogen (secondary N) is 2. The van der Waals surface area contributed by atoms with Gasteiger partial charge < -0.3 is 15.5 Å². The van der Waals surface area contributed by atoms with Crippen LogP contribution in [0.2, 0.25) is 0 Å². The summed E-state index contributed by atoms with van der Waals surface area (Å²) in [6.07, 6.45) is 2.06. The number of thiophene rings is 1. The zero-order chi connectivity index (χ0) is 20.3. The molecule has 148 valence electrons. The topological polar surface area (TPSA) is 78.5 Å². The van der Waals surface area contributed by atoms with Crippen molar-refractivity contribution in [1.82, 2.24) is 10.2 Å². The predicted octanol–water partition coefficient (Wildman–Crippen LogP) is 3.89. The fraction of sp³-hybridized carbons (Fsp3) is 0.350. The van der Waals surface area contributed by atoms with Gasteiger partial charge in [0.1, 0.15) is 5.54 Å². The maximum atomic E-state index is 12.7. The second kappa shape index (κ2) is 8.45. The maximum absolute atomic E-state index is 12.7. The van der Waals surface area contributed by atoms with Crippen LogP contribution in [0.4, 0.5) is 5.69 Å². The number of benzene rings is 1. The predicted molar refractivity (Wildman–Crippen MR) is 114 cm³/mol. The van der Waals surface area contributed by atoms with E-state index < -0.39 is 5.54 Å². The first-order chi connectivity index (χ1) is 13.3. The maximum Gasteiger partial charge on any atom is 0.262 e. The smallest absolute Gasteiger partial charge is 0.262 e. The Balaban J connectivity index is 1.67. The number of hydrogen-bond acceptors (Lipinski definition) is 4. The summed E-state index contributed by atoms with van der Waals surface area (Å²) in [6.45, 7) is 4.85. The van der Waals surface area contributed by atoms with Gasteiger partial charge in [0.25, 0.3) is 11.8 Å². The molecule has 3 rings (SSSR count). The summed E-state index contributed by atoms with van der Waals surface area (Å²) in [4.78, 5) is 39.9. The van der Waals surface area contributed by atoms with E-state index in [-0.39, 0.29) is 17.7 Å². The second-order valence-corrected chi connectivity index (χ2v) is 9.01. The minimum absolute atomic E-state index is 0.00853. The van der Waals surface area contributed by atoms with Gasteiger partial charge in [-0.3, -0.25) is 14.4 Å². The lowest BCUT2D eigenvalue weighted by Crippen LogP contribution is -2.52. The lowest BCUT2D eigenvalue weighted by atomic mass is 10.0. The Morgan fingerprint density at radius 2 is 1.86 bits per heavy atom.